The van der Waals surface area contributed by atoms with Crippen LogP contribution in [0.25, 0.3) is 10.9 Å². The van der Waals surface area contributed by atoms with Gasteiger partial charge in [-0.05, 0) is 30.2 Å². The Labute approximate surface area is 195 Å². The van der Waals surface area contributed by atoms with Crippen LogP contribution >= 0.6 is 0 Å². The first-order valence-electron chi connectivity index (χ1n) is 11.5. The molecule has 7 rings (SSSR count). The fraction of sp³-hybridized carbons (Fsp3) is 0.308. The van der Waals surface area contributed by atoms with Crippen LogP contribution in [0.2, 0.25) is 0 Å². The van der Waals surface area contributed by atoms with E-state index in [1.54, 1.807) is 11.0 Å². The van der Waals surface area contributed by atoms with Crippen molar-refractivity contribution in [2.75, 3.05) is 24.8 Å². The van der Waals surface area contributed by atoms with Gasteiger partial charge in [0.1, 0.15) is 5.60 Å². The highest BCUT2D eigenvalue weighted by Gasteiger charge is 2.67. The average molecular weight is 457 g/mol. The first-order chi connectivity index (χ1) is 16.6. The first kappa shape index (κ1) is 19.7. The Morgan fingerprint density at radius 3 is 3.00 bits per heavy atom. The molecule has 2 bridgehead atoms. The maximum Gasteiger partial charge on any atom is 0.234 e. The van der Waals surface area contributed by atoms with E-state index < -0.39 is 17.4 Å². The number of aromatic amines is 1. The smallest absolute Gasteiger partial charge is 0.234 e. The zero-order valence-electron chi connectivity index (χ0n) is 18.3. The Morgan fingerprint density at radius 1 is 1.18 bits per heavy atom. The minimum Gasteiger partial charge on any atom is -0.454 e. The molecule has 0 radical (unpaired) electrons. The van der Waals surface area contributed by atoms with Crippen molar-refractivity contribution < 1.29 is 23.8 Å². The van der Waals surface area contributed by atoms with Crippen LogP contribution in [0.5, 0.6) is 11.5 Å². The summed E-state index contributed by atoms with van der Waals surface area (Å²) >= 11 is 0. The normalized spacial score (nSPS) is 28.2. The molecule has 0 unspecified atom stereocenters. The number of nitrogens with zero attached hydrogens (tertiary/aromatic N) is 1. The number of ether oxygens (including phenoxy) is 3. The molecule has 2 amide bonds. The summed E-state index contributed by atoms with van der Waals surface area (Å²) < 4.78 is 17.1. The van der Waals surface area contributed by atoms with Gasteiger partial charge < -0.3 is 29.4 Å². The van der Waals surface area contributed by atoms with Crippen molar-refractivity contribution in [3.8, 4) is 11.5 Å². The lowest BCUT2D eigenvalue weighted by Gasteiger charge is -2.23. The Kier molecular flexibility index (Phi) is 4.11. The minimum absolute atomic E-state index is 0.0949. The number of nitrogens with one attached hydrogen (secondary N) is 2. The summed E-state index contributed by atoms with van der Waals surface area (Å²) in [5.74, 6) is -0.0320. The Morgan fingerprint density at radius 2 is 2.06 bits per heavy atom. The lowest BCUT2D eigenvalue weighted by Crippen LogP contribution is -2.44. The van der Waals surface area contributed by atoms with Crippen LogP contribution in [0.15, 0.2) is 60.8 Å². The summed E-state index contributed by atoms with van der Waals surface area (Å²) in [6.07, 6.45) is 6.20. The number of para-hydroxylation sites is 1. The number of amides is 2. The second kappa shape index (κ2) is 7.11. The monoisotopic (exact) mass is 457 g/mol. The molecule has 3 aromatic rings. The van der Waals surface area contributed by atoms with Gasteiger partial charge in [0.05, 0.1) is 24.5 Å². The third kappa shape index (κ3) is 2.75. The molecule has 0 aliphatic carbocycles. The van der Waals surface area contributed by atoms with E-state index in [1.807, 2.05) is 48.7 Å². The van der Waals surface area contributed by atoms with Crippen LogP contribution in [0.1, 0.15) is 5.56 Å². The SMILES string of the molecule is O=C(NCCc1c[nH]c2ccccc12)[C@@H]1[C@@H]2C=C[C@]3(CN(c4ccc5c(c4)OCO5)C(=O)[C@H]13)O2. The molecule has 4 aliphatic rings. The van der Waals surface area contributed by atoms with E-state index in [0.717, 1.165) is 22.2 Å². The predicted octanol–water partition coefficient (Wildman–Crippen LogP) is 2.54. The van der Waals surface area contributed by atoms with E-state index in [4.69, 9.17) is 14.2 Å². The molecule has 1 aromatic heterocycles. The molecule has 5 heterocycles. The largest absolute Gasteiger partial charge is 0.454 e. The molecule has 0 saturated carbocycles. The third-order valence-corrected chi connectivity index (χ3v) is 7.44. The van der Waals surface area contributed by atoms with Crippen LogP contribution in [-0.4, -0.2) is 48.4 Å². The molecule has 1 spiro atoms. The quantitative estimate of drug-likeness (QED) is 0.575. The topological polar surface area (TPSA) is 92.9 Å². The number of H-pyrrole nitrogens is 1. The van der Waals surface area contributed by atoms with E-state index in [-0.39, 0.29) is 24.7 Å². The number of benzene rings is 2. The third-order valence-electron chi connectivity index (χ3n) is 7.44. The van der Waals surface area contributed by atoms with Crippen LogP contribution < -0.4 is 19.7 Å². The van der Waals surface area contributed by atoms with Crippen LogP contribution in [0.3, 0.4) is 0 Å². The highest BCUT2D eigenvalue weighted by molar-refractivity contribution is 6.03. The van der Waals surface area contributed by atoms with E-state index in [9.17, 15) is 9.59 Å². The number of fused-ring (bicyclic) bond motifs is 3. The molecular formula is C26H23N3O5. The van der Waals surface area contributed by atoms with Crippen molar-refractivity contribution >= 4 is 28.4 Å². The predicted molar refractivity (Wildman–Crippen MR) is 124 cm³/mol. The summed E-state index contributed by atoms with van der Waals surface area (Å²) in [6, 6.07) is 13.6. The number of carbonyl (C=O) groups is 2. The second-order valence-corrected chi connectivity index (χ2v) is 9.26. The maximum atomic E-state index is 13.5. The fourth-order valence-electron chi connectivity index (χ4n) is 5.85. The van der Waals surface area contributed by atoms with Crippen molar-refractivity contribution in [1.82, 2.24) is 10.3 Å². The summed E-state index contributed by atoms with van der Waals surface area (Å²) in [7, 11) is 0. The fourth-order valence-corrected chi connectivity index (χ4v) is 5.85. The van der Waals surface area contributed by atoms with Gasteiger partial charge in [-0.3, -0.25) is 9.59 Å². The van der Waals surface area contributed by atoms with Gasteiger partial charge in [0.25, 0.3) is 0 Å². The standard InChI is InChI=1S/C26H23N3O5/c30-24(27-10-8-15-12-28-18-4-2-1-3-17(15)18)22-20-7-9-26(34-20)13-29(25(31)23(22)26)16-5-6-19-21(11-16)33-14-32-19/h1-7,9,11-12,20,22-23,28H,8,10,13-14H2,(H,27,30)/t20-,22+,23-,26+/m0/s1. The molecular weight excluding hydrogens is 434 g/mol. The number of anilines is 1. The lowest BCUT2D eigenvalue weighted by molar-refractivity contribution is -0.131. The van der Waals surface area contributed by atoms with Crippen LogP contribution in [-0.2, 0) is 20.7 Å². The highest BCUT2D eigenvalue weighted by Crippen LogP contribution is 2.53. The molecule has 8 nitrogen and oxygen atoms in total. The molecule has 4 aliphatic heterocycles. The second-order valence-electron chi connectivity index (χ2n) is 9.26. The van der Waals surface area contributed by atoms with E-state index in [0.29, 0.717) is 31.0 Å². The first-order valence-corrected chi connectivity index (χ1v) is 11.5. The number of carbonyl (C=O) groups excluding carboxylic acids is 2. The van der Waals surface area contributed by atoms with Crippen molar-refractivity contribution in [3.05, 3.63) is 66.4 Å². The van der Waals surface area contributed by atoms with Crippen LogP contribution in [0.4, 0.5) is 5.69 Å². The number of rotatable bonds is 5. The van der Waals surface area contributed by atoms with Gasteiger partial charge in [0, 0.05) is 35.4 Å². The lowest BCUT2D eigenvalue weighted by atomic mass is 9.77. The van der Waals surface area contributed by atoms with Crippen molar-refractivity contribution in [1.29, 1.82) is 0 Å². The molecule has 2 saturated heterocycles. The number of hydrogen-bond acceptors (Lipinski definition) is 5. The Bertz CT molecular complexity index is 1360. The van der Waals surface area contributed by atoms with Crippen LogP contribution in [0, 0.1) is 11.8 Å². The highest BCUT2D eigenvalue weighted by atomic mass is 16.7. The van der Waals surface area contributed by atoms with Gasteiger partial charge >= 0.3 is 0 Å². The van der Waals surface area contributed by atoms with Gasteiger partial charge in [0.15, 0.2) is 11.5 Å². The maximum absolute atomic E-state index is 13.5. The minimum atomic E-state index is -0.767. The van der Waals surface area contributed by atoms with E-state index in [2.05, 4.69) is 16.4 Å². The van der Waals surface area contributed by atoms with Gasteiger partial charge in [-0.15, -0.1) is 0 Å². The molecule has 34 heavy (non-hydrogen) atoms. The average Bonchev–Trinajstić information content (AvgIpc) is 3.66. The molecule has 2 fully saturated rings. The number of hydrogen-bond donors (Lipinski definition) is 2. The summed E-state index contributed by atoms with van der Waals surface area (Å²) in [5.41, 5.74) is 2.19. The Balaban J connectivity index is 1.08. The molecule has 2 aromatic carbocycles. The van der Waals surface area contributed by atoms with Gasteiger partial charge in [-0.2, -0.15) is 0 Å². The molecule has 172 valence electrons. The molecule has 4 atom stereocenters. The van der Waals surface area contributed by atoms with Crippen molar-refractivity contribution in [3.63, 3.8) is 0 Å². The van der Waals surface area contributed by atoms with Crippen molar-refractivity contribution in [2.24, 2.45) is 11.8 Å². The molecule has 8 heteroatoms. The summed E-state index contributed by atoms with van der Waals surface area (Å²) in [6.45, 7) is 1.04. The van der Waals surface area contributed by atoms with Crippen molar-refractivity contribution in [2.45, 2.75) is 18.1 Å². The summed E-state index contributed by atoms with van der Waals surface area (Å²) in [5, 5.41) is 4.22. The molecule has 2 N–H and O–H groups in total. The van der Waals surface area contributed by atoms with E-state index in [1.165, 1.54) is 0 Å². The van der Waals surface area contributed by atoms with E-state index >= 15 is 0 Å². The zero-order chi connectivity index (χ0) is 22.9. The van der Waals surface area contributed by atoms with Gasteiger partial charge in [-0.1, -0.05) is 30.4 Å². The zero-order valence-corrected chi connectivity index (χ0v) is 18.3. The summed E-state index contributed by atoms with van der Waals surface area (Å²) in [4.78, 5) is 31.8. The Hall–Kier alpha value is -3.78. The number of aromatic nitrogens is 1. The van der Waals surface area contributed by atoms with Gasteiger partial charge in [0.2, 0.25) is 18.6 Å². The van der Waals surface area contributed by atoms with Gasteiger partial charge in [-0.25, -0.2) is 0 Å².